The van der Waals surface area contributed by atoms with Crippen LogP contribution in [0.1, 0.15) is 60.0 Å². The second kappa shape index (κ2) is 7.49. The molecule has 1 aromatic rings. The molecule has 6 nitrogen and oxygen atoms in total. The normalized spacial score (nSPS) is 16.8. The van der Waals surface area contributed by atoms with Crippen LogP contribution in [0.3, 0.4) is 0 Å². The van der Waals surface area contributed by atoms with Gasteiger partial charge in [0.2, 0.25) is 11.8 Å². The van der Waals surface area contributed by atoms with Crippen LogP contribution in [0.25, 0.3) is 0 Å². The lowest BCUT2D eigenvalue weighted by Crippen LogP contribution is -2.51. The van der Waals surface area contributed by atoms with Crippen molar-refractivity contribution in [2.45, 2.75) is 45.1 Å². The first kappa shape index (κ1) is 17.2. The summed E-state index contributed by atoms with van der Waals surface area (Å²) in [7, 11) is 0. The average Bonchev–Trinajstić information content (AvgIpc) is 2.91. The van der Waals surface area contributed by atoms with Gasteiger partial charge in [-0.05, 0) is 43.0 Å². The van der Waals surface area contributed by atoms with E-state index in [1.807, 2.05) is 6.07 Å². The Kier molecular flexibility index (Phi) is 5.15. The number of carbonyl (C=O) groups excluding carboxylic acids is 3. The number of unbranched alkanes of at least 4 members (excludes halogenated alkanes) is 2. The zero-order valence-corrected chi connectivity index (χ0v) is 14.0. The molecule has 1 saturated heterocycles. The highest BCUT2D eigenvalue weighted by Crippen LogP contribution is 2.27. The van der Waals surface area contributed by atoms with Gasteiger partial charge in [0.25, 0.3) is 5.91 Å². The van der Waals surface area contributed by atoms with E-state index in [2.05, 4.69) is 11.8 Å². The van der Waals surface area contributed by atoms with Crippen molar-refractivity contribution in [2.75, 3.05) is 6.61 Å². The van der Waals surface area contributed by atoms with Crippen molar-refractivity contribution < 1.29 is 19.5 Å². The number of amides is 3. The molecule has 0 saturated carbocycles. The minimum absolute atomic E-state index is 0.173. The quantitative estimate of drug-likeness (QED) is 0.513. The van der Waals surface area contributed by atoms with E-state index in [4.69, 9.17) is 5.11 Å². The Bertz CT molecular complexity index is 759. The van der Waals surface area contributed by atoms with Crippen molar-refractivity contribution in [2.24, 2.45) is 0 Å². The molecule has 0 aliphatic carbocycles. The number of benzene rings is 1. The Hall–Kier alpha value is -2.65. The van der Waals surface area contributed by atoms with E-state index in [-0.39, 0.29) is 43.7 Å². The van der Waals surface area contributed by atoms with Gasteiger partial charge >= 0.3 is 0 Å². The molecule has 6 heteroatoms. The molecule has 3 amide bonds. The largest absolute Gasteiger partial charge is 0.396 e. The number of fused-ring (bicyclic) bond motifs is 1. The van der Waals surface area contributed by atoms with Crippen molar-refractivity contribution in [1.82, 2.24) is 10.0 Å². The molecule has 0 aromatic heterocycles. The van der Waals surface area contributed by atoms with Gasteiger partial charge in [-0.15, -0.1) is 0 Å². The van der Waals surface area contributed by atoms with Gasteiger partial charge in [-0.2, -0.15) is 5.01 Å². The van der Waals surface area contributed by atoms with Gasteiger partial charge < -0.3 is 5.11 Å². The molecule has 0 unspecified atom stereocenters. The molecule has 25 heavy (non-hydrogen) atoms. The third kappa shape index (κ3) is 3.57. The summed E-state index contributed by atoms with van der Waals surface area (Å²) in [6, 6.07) is 5.32. The van der Waals surface area contributed by atoms with Crippen LogP contribution in [-0.4, -0.2) is 39.5 Å². The molecular formula is C19H20N2O4. The van der Waals surface area contributed by atoms with Crippen molar-refractivity contribution in [3.05, 3.63) is 34.9 Å². The molecular weight excluding hydrogens is 320 g/mol. The van der Waals surface area contributed by atoms with E-state index in [0.717, 1.165) is 29.0 Å². The molecule has 1 fully saturated rings. The van der Waals surface area contributed by atoms with Crippen molar-refractivity contribution >= 4 is 17.7 Å². The molecule has 130 valence electrons. The first-order chi connectivity index (χ1) is 12.1. The van der Waals surface area contributed by atoms with Crippen LogP contribution in [0.5, 0.6) is 0 Å². The van der Waals surface area contributed by atoms with Crippen LogP contribution in [0.2, 0.25) is 0 Å². The summed E-state index contributed by atoms with van der Waals surface area (Å²) >= 11 is 0. The maximum atomic E-state index is 12.6. The standard InChI is InChI=1S/C19H20N2O4/c22-11-4-2-1-3-6-14-9-10-16-15(12-14)13-20(19(16)25)21-17(23)7-5-8-18(21)24/h9-10,12,22H,1-2,4-5,7-8,11,13H2. The molecule has 0 spiro atoms. The molecule has 0 radical (unpaired) electrons. The number of hydrogen-bond donors (Lipinski definition) is 1. The fraction of sp³-hybridized carbons (Fsp3) is 0.421. The molecule has 1 aromatic carbocycles. The molecule has 3 rings (SSSR count). The first-order valence-corrected chi connectivity index (χ1v) is 8.52. The Balaban J connectivity index is 1.75. The first-order valence-electron chi connectivity index (χ1n) is 8.52. The maximum Gasteiger partial charge on any atom is 0.273 e. The Labute approximate surface area is 146 Å². The summed E-state index contributed by atoms with van der Waals surface area (Å²) in [5, 5.41) is 11.0. The van der Waals surface area contributed by atoms with E-state index in [1.165, 1.54) is 5.01 Å². The lowest BCUT2D eigenvalue weighted by Gasteiger charge is -2.32. The number of aliphatic hydroxyl groups is 1. The van der Waals surface area contributed by atoms with E-state index in [9.17, 15) is 14.4 Å². The molecule has 2 aliphatic rings. The Morgan fingerprint density at radius 3 is 2.56 bits per heavy atom. The van der Waals surface area contributed by atoms with E-state index < -0.39 is 0 Å². The summed E-state index contributed by atoms with van der Waals surface area (Å²) in [5.41, 5.74) is 2.09. The van der Waals surface area contributed by atoms with Crippen LogP contribution in [-0.2, 0) is 16.1 Å². The maximum absolute atomic E-state index is 12.6. The zero-order chi connectivity index (χ0) is 17.8. The number of imide groups is 1. The summed E-state index contributed by atoms with van der Waals surface area (Å²) in [6.07, 6.45) is 3.41. The number of aliphatic hydroxyl groups excluding tert-OH is 1. The highest BCUT2D eigenvalue weighted by Gasteiger charge is 2.39. The van der Waals surface area contributed by atoms with Gasteiger partial charge in [-0.3, -0.25) is 14.4 Å². The predicted molar refractivity (Wildman–Crippen MR) is 89.8 cm³/mol. The minimum Gasteiger partial charge on any atom is -0.396 e. The zero-order valence-electron chi connectivity index (χ0n) is 14.0. The molecule has 2 heterocycles. The van der Waals surface area contributed by atoms with Crippen LogP contribution < -0.4 is 0 Å². The molecule has 2 aliphatic heterocycles. The average molecular weight is 340 g/mol. The van der Waals surface area contributed by atoms with Crippen LogP contribution in [0, 0.1) is 11.8 Å². The number of rotatable bonds is 4. The third-order valence-corrected chi connectivity index (χ3v) is 4.33. The smallest absolute Gasteiger partial charge is 0.273 e. The molecule has 1 N–H and O–H groups in total. The third-order valence-electron chi connectivity index (χ3n) is 4.33. The summed E-state index contributed by atoms with van der Waals surface area (Å²) in [4.78, 5) is 36.7. The van der Waals surface area contributed by atoms with Gasteiger partial charge in [0, 0.05) is 37.0 Å². The van der Waals surface area contributed by atoms with Crippen LogP contribution in [0.15, 0.2) is 18.2 Å². The van der Waals surface area contributed by atoms with E-state index >= 15 is 0 Å². The van der Waals surface area contributed by atoms with Crippen molar-refractivity contribution in [3.8, 4) is 11.8 Å². The van der Waals surface area contributed by atoms with E-state index in [1.54, 1.807) is 12.1 Å². The topological polar surface area (TPSA) is 77.9 Å². The SMILES string of the molecule is O=C1c2ccc(C#CCCCCO)cc2CN1N1C(=O)CCCC1=O. The fourth-order valence-corrected chi connectivity index (χ4v) is 3.05. The highest BCUT2D eigenvalue weighted by atomic mass is 16.3. The Morgan fingerprint density at radius 1 is 1.08 bits per heavy atom. The van der Waals surface area contributed by atoms with Crippen LogP contribution in [0.4, 0.5) is 0 Å². The Morgan fingerprint density at radius 2 is 1.84 bits per heavy atom. The minimum atomic E-state index is -0.318. The monoisotopic (exact) mass is 340 g/mol. The summed E-state index contributed by atoms with van der Waals surface area (Å²) < 4.78 is 0. The lowest BCUT2D eigenvalue weighted by molar-refractivity contribution is -0.163. The second-order valence-electron chi connectivity index (χ2n) is 6.17. The fourth-order valence-electron chi connectivity index (χ4n) is 3.05. The number of piperidine rings is 1. The lowest BCUT2D eigenvalue weighted by atomic mass is 10.1. The van der Waals surface area contributed by atoms with Gasteiger partial charge in [0.1, 0.15) is 0 Å². The van der Waals surface area contributed by atoms with Crippen LogP contribution >= 0.6 is 0 Å². The number of nitrogens with zero attached hydrogens (tertiary/aromatic N) is 2. The van der Waals surface area contributed by atoms with Gasteiger partial charge in [-0.25, -0.2) is 5.01 Å². The van der Waals surface area contributed by atoms with Gasteiger partial charge in [0.15, 0.2) is 0 Å². The highest BCUT2D eigenvalue weighted by molar-refractivity contribution is 6.04. The number of hydrazine groups is 1. The second-order valence-corrected chi connectivity index (χ2v) is 6.17. The number of hydrogen-bond acceptors (Lipinski definition) is 4. The molecule has 0 bridgehead atoms. The van der Waals surface area contributed by atoms with Crippen molar-refractivity contribution in [3.63, 3.8) is 0 Å². The van der Waals surface area contributed by atoms with Crippen molar-refractivity contribution in [1.29, 1.82) is 0 Å². The summed E-state index contributed by atoms with van der Waals surface area (Å²) in [6.45, 7) is 0.387. The van der Waals surface area contributed by atoms with E-state index in [0.29, 0.717) is 18.4 Å². The number of carbonyl (C=O) groups is 3. The molecule has 0 atom stereocenters. The predicted octanol–water partition coefficient (Wildman–Crippen LogP) is 1.61. The summed E-state index contributed by atoms with van der Waals surface area (Å²) in [5.74, 6) is 5.15. The van der Waals surface area contributed by atoms with Gasteiger partial charge in [-0.1, -0.05) is 11.8 Å². The van der Waals surface area contributed by atoms with Gasteiger partial charge in [0.05, 0.1) is 6.54 Å².